The fourth-order valence-corrected chi connectivity index (χ4v) is 4.55. The van der Waals surface area contributed by atoms with Crippen molar-refractivity contribution < 1.29 is 24.1 Å². The number of amides is 1. The molecule has 0 radical (unpaired) electrons. The van der Waals surface area contributed by atoms with Crippen LogP contribution in [0.5, 0.6) is 17.2 Å². The Morgan fingerprint density at radius 2 is 1.97 bits per heavy atom. The number of ether oxygens (including phenoxy) is 3. The average Bonchev–Trinajstić information content (AvgIpc) is 2.76. The second kappa shape index (κ2) is 7.96. The van der Waals surface area contributed by atoms with Crippen LogP contribution in [-0.4, -0.2) is 42.9 Å². The first-order valence-electron chi connectivity index (χ1n) is 9.87. The Bertz CT molecular complexity index is 1110. The van der Waals surface area contributed by atoms with E-state index < -0.39 is 5.72 Å². The first-order chi connectivity index (χ1) is 14.8. The topological polar surface area (TPSA) is 68.2 Å². The third kappa shape index (κ3) is 3.67. The van der Waals surface area contributed by atoms with E-state index in [1.165, 1.54) is 0 Å². The third-order valence-corrected chi connectivity index (χ3v) is 6.46. The predicted molar refractivity (Wildman–Crippen MR) is 122 cm³/mol. The SMILES string of the molecule is COc1ccc(C=CC(O)=C2C(=O)N(C)C3(C)CC2c2cc(Br)ccc2O3)cc1OC. The number of aliphatic hydroxyl groups is 1. The molecule has 1 fully saturated rings. The molecule has 2 unspecified atom stereocenters. The van der Waals surface area contributed by atoms with Crippen LogP contribution in [0.4, 0.5) is 0 Å². The van der Waals surface area contributed by atoms with Crippen LogP contribution in [0, 0.1) is 0 Å². The second-order valence-electron chi connectivity index (χ2n) is 7.83. The number of aliphatic hydroxyl groups excluding tert-OH is 1. The molecule has 31 heavy (non-hydrogen) atoms. The molecule has 1 saturated heterocycles. The van der Waals surface area contributed by atoms with E-state index in [9.17, 15) is 9.90 Å². The molecule has 1 N–H and O–H groups in total. The van der Waals surface area contributed by atoms with Crippen LogP contribution in [0.25, 0.3) is 6.08 Å². The van der Waals surface area contributed by atoms with Gasteiger partial charge in [-0.15, -0.1) is 0 Å². The fraction of sp³-hybridized carbons (Fsp3) is 0.292. The van der Waals surface area contributed by atoms with Gasteiger partial charge in [0, 0.05) is 29.4 Å². The molecule has 2 aromatic rings. The molecule has 1 amide bonds. The van der Waals surface area contributed by atoms with E-state index in [4.69, 9.17) is 14.2 Å². The molecular weight excluding hydrogens is 462 g/mol. The first-order valence-corrected chi connectivity index (χ1v) is 10.7. The molecule has 0 spiro atoms. The number of allylic oxidation sites excluding steroid dienone is 1. The third-order valence-electron chi connectivity index (χ3n) is 5.97. The molecule has 2 aliphatic heterocycles. The highest BCUT2D eigenvalue weighted by Gasteiger charge is 2.51. The summed E-state index contributed by atoms with van der Waals surface area (Å²) in [4.78, 5) is 14.8. The maximum absolute atomic E-state index is 13.2. The number of hydrogen-bond donors (Lipinski definition) is 1. The summed E-state index contributed by atoms with van der Waals surface area (Å²) >= 11 is 3.50. The number of benzene rings is 2. The molecule has 0 aliphatic carbocycles. The summed E-state index contributed by atoms with van der Waals surface area (Å²) in [5.41, 5.74) is 1.29. The van der Waals surface area contributed by atoms with Gasteiger partial charge in [0.1, 0.15) is 11.5 Å². The van der Waals surface area contributed by atoms with E-state index in [2.05, 4.69) is 15.9 Å². The number of piperidine rings is 1. The molecule has 4 rings (SSSR count). The maximum atomic E-state index is 13.2. The number of carbonyl (C=O) groups is 1. The fourth-order valence-electron chi connectivity index (χ4n) is 4.17. The number of hydrogen-bond acceptors (Lipinski definition) is 5. The lowest BCUT2D eigenvalue weighted by Crippen LogP contribution is -2.59. The summed E-state index contributed by atoms with van der Waals surface area (Å²) in [5.74, 6) is 1.34. The largest absolute Gasteiger partial charge is 0.507 e. The Morgan fingerprint density at radius 1 is 1.23 bits per heavy atom. The molecule has 2 aliphatic rings. The predicted octanol–water partition coefficient (Wildman–Crippen LogP) is 5.05. The number of fused-ring (bicyclic) bond motifs is 4. The molecule has 2 aromatic carbocycles. The van der Waals surface area contributed by atoms with Crippen LogP contribution in [0.1, 0.15) is 30.4 Å². The Labute approximate surface area is 189 Å². The zero-order valence-corrected chi connectivity index (χ0v) is 19.4. The van der Waals surface area contributed by atoms with Gasteiger partial charge >= 0.3 is 0 Å². The molecule has 2 heterocycles. The number of rotatable bonds is 4. The summed E-state index contributed by atoms with van der Waals surface area (Å²) in [5, 5.41) is 11.0. The van der Waals surface area contributed by atoms with Crippen LogP contribution in [0.3, 0.4) is 0 Å². The van der Waals surface area contributed by atoms with E-state index in [-0.39, 0.29) is 17.6 Å². The summed E-state index contributed by atoms with van der Waals surface area (Å²) in [7, 11) is 4.85. The zero-order chi connectivity index (χ0) is 22.3. The van der Waals surface area contributed by atoms with Gasteiger partial charge in [-0.05, 0) is 48.9 Å². The normalized spacial score (nSPS) is 24.0. The number of carbonyl (C=O) groups excluding carboxylic acids is 1. The Morgan fingerprint density at radius 3 is 2.68 bits per heavy atom. The van der Waals surface area contributed by atoms with Crippen molar-refractivity contribution in [3.05, 3.63) is 69.4 Å². The highest BCUT2D eigenvalue weighted by atomic mass is 79.9. The van der Waals surface area contributed by atoms with E-state index in [1.54, 1.807) is 50.5 Å². The maximum Gasteiger partial charge on any atom is 0.256 e. The molecular formula is C24H24BrNO5. The van der Waals surface area contributed by atoms with Gasteiger partial charge in [0.2, 0.25) is 0 Å². The number of nitrogens with zero attached hydrogens (tertiary/aromatic N) is 1. The lowest BCUT2D eigenvalue weighted by atomic mass is 9.77. The van der Waals surface area contributed by atoms with Gasteiger partial charge in [0.15, 0.2) is 17.2 Å². The minimum absolute atomic E-state index is 0.0634. The lowest BCUT2D eigenvalue weighted by molar-refractivity contribution is -0.153. The van der Waals surface area contributed by atoms with Crippen molar-refractivity contribution in [2.45, 2.75) is 25.0 Å². The molecule has 7 heteroatoms. The summed E-state index contributed by atoms with van der Waals surface area (Å²) in [6.45, 7) is 1.90. The Hall–Kier alpha value is -2.93. The van der Waals surface area contributed by atoms with Crippen molar-refractivity contribution in [1.82, 2.24) is 4.90 Å². The Balaban J connectivity index is 1.76. The van der Waals surface area contributed by atoms with Crippen LogP contribution in [0.15, 0.2) is 58.3 Å². The van der Waals surface area contributed by atoms with Crippen molar-refractivity contribution in [2.75, 3.05) is 21.3 Å². The average molecular weight is 486 g/mol. The molecule has 0 aromatic heterocycles. The Kier molecular flexibility index (Phi) is 5.47. The summed E-state index contributed by atoms with van der Waals surface area (Å²) < 4.78 is 17.7. The smallest absolute Gasteiger partial charge is 0.256 e. The number of halogens is 1. The molecule has 0 saturated carbocycles. The molecule has 2 atom stereocenters. The van der Waals surface area contributed by atoms with Gasteiger partial charge in [-0.2, -0.15) is 0 Å². The van der Waals surface area contributed by atoms with Crippen LogP contribution >= 0.6 is 15.9 Å². The van der Waals surface area contributed by atoms with Gasteiger partial charge in [-0.25, -0.2) is 0 Å². The van der Waals surface area contributed by atoms with Crippen LogP contribution in [-0.2, 0) is 4.79 Å². The minimum Gasteiger partial charge on any atom is -0.507 e. The van der Waals surface area contributed by atoms with Gasteiger partial charge < -0.3 is 24.2 Å². The van der Waals surface area contributed by atoms with Gasteiger partial charge in [-0.3, -0.25) is 4.79 Å². The van der Waals surface area contributed by atoms with Crippen molar-refractivity contribution >= 4 is 27.9 Å². The second-order valence-corrected chi connectivity index (χ2v) is 8.74. The molecule has 2 bridgehead atoms. The van der Waals surface area contributed by atoms with Crippen molar-refractivity contribution in [1.29, 1.82) is 0 Å². The van der Waals surface area contributed by atoms with Crippen molar-refractivity contribution in [3.63, 3.8) is 0 Å². The van der Waals surface area contributed by atoms with Crippen LogP contribution < -0.4 is 14.2 Å². The first kappa shape index (κ1) is 21.3. The summed E-state index contributed by atoms with van der Waals surface area (Å²) in [6, 6.07) is 11.2. The lowest BCUT2D eigenvalue weighted by Gasteiger charge is -2.50. The van der Waals surface area contributed by atoms with E-state index in [0.717, 1.165) is 21.3 Å². The van der Waals surface area contributed by atoms with Gasteiger partial charge in [0.05, 0.1) is 19.8 Å². The van der Waals surface area contributed by atoms with Gasteiger partial charge in [-0.1, -0.05) is 28.1 Å². The number of methoxy groups -OCH3 is 2. The zero-order valence-electron chi connectivity index (χ0n) is 17.8. The monoisotopic (exact) mass is 485 g/mol. The van der Waals surface area contributed by atoms with Crippen molar-refractivity contribution in [2.24, 2.45) is 0 Å². The highest BCUT2D eigenvalue weighted by Crippen LogP contribution is 2.50. The number of likely N-dealkylation sites (tertiary alicyclic amines) is 1. The molecule has 162 valence electrons. The standard InChI is InChI=1S/C24H24BrNO5/c1-24-13-17(16-12-15(25)7-10-19(16)31-24)22(23(28)26(24)2)18(27)8-5-14-6-9-20(29-3)21(11-14)30-4/h5-12,17,27H,13H2,1-4H3. The van der Waals surface area contributed by atoms with Crippen molar-refractivity contribution in [3.8, 4) is 17.2 Å². The van der Waals surface area contributed by atoms with E-state index in [0.29, 0.717) is 23.5 Å². The van der Waals surface area contributed by atoms with Gasteiger partial charge in [0.25, 0.3) is 5.91 Å². The van der Waals surface area contributed by atoms with E-state index in [1.807, 2.05) is 31.2 Å². The minimum atomic E-state index is -0.764. The highest BCUT2D eigenvalue weighted by molar-refractivity contribution is 9.10. The number of likely N-dealkylation sites (N-methyl/N-ethyl adjacent to an activating group) is 1. The summed E-state index contributed by atoms with van der Waals surface area (Å²) in [6.07, 6.45) is 3.85. The van der Waals surface area contributed by atoms with Crippen LogP contribution in [0.2, 0.25) is 0 Å². The quantitative estimate of drug-likeness (QED) is 0.484. The molecule has 6 nitrogen and oxygen atoms in total. The van der Waals surface area contributed by atoms with E-state index >= 15 is 0 Å².